The van der Waals surface area contributed by atoms with E-state index in [1.807, 2.05) is 27.7 Å². The summed E-state index contributed by atoms with van der Waals surface area (Å²) in [6.45, 7) is 11.7. The van der Waals surface area contributed by atoms with Crippen LogP contribution >= 0.6 is 0 Å². The normalized spacial score (nSPS) is 21.8. The van der Waals surface area contributed by atoms with Crippen molar-refractivity contribution in [1.29, 1.82) is 0 Å². The maximum Gasteiger partial charge on any atom is 0.573 e. The number of rotatable bonds is 5. The molecule has 8 heteroatoms. The largest absolute Gasteiger partial charge is 0.573 e. The maximum atomic E-state index is 12.5. The third kappa shape index (κ3) is 5.42. The van der Waals surface area contributed by atoms with Crippen LogP contribution in [-0.2, 0) is 11.3 Å². The van der Waals surface area contributed by atoms with Gasteiger partial charge in [-0.2, -0.15) is 0 Å². The Kier molecular flexibility index (Phi) is 5.83. The molecule has 3 atom stereocenters. The quantitative estimate of drug-likeness (QED) is 0.591. The van der Waals surface area contributed by atoms with Gasteiger partial charge >= 0.3 is 6.36 Å². The van der Waals surface area contributed by atoms with Crippen LogP contribution in [-0.4, -0.2) is 23.8 Å². The van der Waals surface area contributed by atoms with E-state index in [-0.39, 0.29) is 17.1 Å². The fourth-order valence-corrected chi connectivity index (χ4v) is 4.69. The molecule has 1 aliphatic carbocycles. The first-order chi connectivity index (χ1) is 15.3. The molecule has 1 aromatic carbocycles. The van der Waals surface area contributed by atoms with Gasteiger partial charge in [0.05, 0.1) is 11.4 Å². The molecule has 1 aromatic heterocycles. The van der Waals surface area contributed by atoms with E-state index >= 15 is 0 Å². The van der Waals surface area contributed by atoms with Gasteiger partial charge in [0.1, 0.15) is 11.6 Å². The van der Waals surface area contributed by atoms with Crippen LogP contribution in [0.5, 0.6) is 5.75 Å². The summed E-state index contributed by atoms with van der Waals surface area (Å²) in [5, 5.41) is 2.99. The van der Waals surface area contributed by atoms with Crippen LogP contribution in [0.15, 0.2) is 30.3 Å². The number of carbonyl (C=O) groups excluding carboxylic acids is 1. The molecule has 1 aliphatic heterocycles. The zero-order valence-corrected chi connectivity index (χ0v) is 19.6. The Balaban J connectivity index is 1.55. The minimum atomic E-state index is -4.70. The summed E-state index contributed by atoms with van der Waals surface area (Å²) >= 11 is 0. The predicted molar refractivity (Wildman–Crippen MR) is 121 cm³/mol. The SMILES string of the molecule is Cc1cc2c(nc1NC(=O)CC(C)(C)C)C1C(C)C1CN2Cc1ccc(OC(F)(F)F)cc1. The second kappa shape index (κ2) is 8.22. The number of nitrogens with one attached hydrogen (secondary N) is 1. The number of nitrogens with zero attached hydrogens (tertiary/aromatic N) is 2. The van der Waals surface area contributed by atoms with E-state index in [0.29, 0.717) is 36.5 Å². The highest BCUT2D eigenvalue weighted by molar-refractivity contribution is 5.91. The number of aryl methyl sites for hydroxylation is 1. The summed E-state index contributed by atoms with van der Waals surface area (Å²) < 4.78 is 41.3. The number of hydrogen-bond donors (Lipinski definition) is 1. The molecule has 5 nitrogen and oxygen atoms in total. The molecule has 1 amide bonds. The lowest BCUT2D eigenvalue weighted by Crippen LogP contribution is -2.30. The number of pyridine rings is 1. The molecule has 0 radical (unpaired) electrons. The van der Waals surface area contributed by atoms with Gasteiger partial charge in [0.15, 0.2) is 0 Å². The van der Waals surface area contributed by atoms with Gasteiger partial charge in [0.25, 0.3) is 0 Å². The molecule has 178 valence electrons. The predicted octanol–water partition coefficient (Wildman–Crippen LogP) is 6.03. The summed E-state index contributed by atoms with van der Waals surface area (Å²) in [5.74, 6) is 1.69. The van der Waals surface area contributed by atoms with E-state index < -0.39 is 6.36 Å². The first-order valence-electron chi connectivity index (χ1n) is 11.2. The molecule has 2 aliphatic rings. The van der Waals surface area contributed by atoms with Gasteiger partial charge in [0.2, 0.25) is 5.91 Å². The smallest absolute Gasteiger partial charge is 0.406 e. The lowest BCUT2D eigenvalue weighted by atomic mass is 9.92. The van der Waals surface area contributed by atoms with Crippen LogP contribution in [0.25, 0.3) is 0 Å². The number of halogens is 3. The van der Waals surface area contributed by atoms with Crippen LogP contribution < -0.4 is 15.0 Å². The van der Waals surface area contributed by atoms with Gasteiger partial charge < -0.3 is 15.0 Å². The monoisotopic (exact) mass is 461 g/mol. The Morgan fingerprint density at radius 2 is 1.88 bits per heavy atom. The van der Waals surface area contributed by atoms with E-state index in [2.05, 4.69) is 27.9 Å². The fraction of sp³-hybridized carbons (Fsp3) is 0.520. The van der Waals surface area contributed by atoms with Crippen molar-refractivity contribution >= 4 is 17.4 Å². The zero-order chi connectivity index (χ0) is 24.1. The fourth-order valence-electron chi connectivity index (χ4n) is 4.69. The number of aromatic nitrogens is 1. The lowest BCUT2D eigenvalue weighted by Gasteiger charge is -2.31. The highest BCUT2D eigenvalue weighted by Crippen LogP contribution is 2.59. The Hall–Kier alpha value is -2.77. The number of anilines is 2. The molecule has 3 unspecified atom stereocenters. The molecule has 1 N–H and O–H groups in total. The lowest BCUT2D eigenvalue weighted by molar-refractivity contribution is -0.274. The molecule has 33 heavy (non-hydrogen) atoms. The van der Waals surface area contributed by atoms with Gasteiger partial charge in [-0.15, -0.1) is 13.2 Å². The summed E-state index contributed by atoms with van der Waals surface area (Å²) in [5.41, 5.74) is 3.69. The van der Waals surface area contributed by atoms with Gasteiger partial charge in [0, 0.05) is 25.4 Å². The van der Waals surface area contributed by atoms with Crippen LogP contribution in [0, 0.1) is 24.2 Å². The molecule has 1 fully saturated rings. The third-order valence-corrected chi connectivity index (χ3v) is 6.35. The zero-order valence-electron chi connectivity index (χ0n) is 19.6. The van der Waals surface area contributed by atoms with E-state index in [1.54, 1.807) is 12.1 Å². The Morgan fingerprint density at radius 3 is 2.48 bits per heavy atom. The Morgan fingerprint density at radius 1 is 1.21 bits per heavy atom. The average Bonchev–Trinajstić information content (AvgIpc) is 3.31. The van der Waals surface area contributed by atoms with E-state index in [1.165, 1.54) is 12.1 Å². The Bertz CT molecular complexity index is 1040. The maximum absolute atomic E-state index is 12.5. The number of alkyl halides is 3. The van der Waals surface area contributed by atoms with Crippen molar-refractivity contribution in [1.82, 2.24) is 4.98 Å². The second-order valence-electron chi connectivity index (χ2n) is 10.5. The highest BCUT2D eigenvalue weighted by atomic mass is 19.4. The first kappa shape index (κ1) is 23.4. The summed E-state index contributed by atoms with van der Waals surface area (Å²) in [4.78, 5) is 19.6. The second-order valence-corrected chi connectivity index (χ2v) is 10.5. The molecule has 0 bridgehead atoms. The molecule has 4 rings (SSSR count). The van der Waals surface area contributed by atoms with E-state index in [4.69, 9.17) is 4.98 Å². The average molecular weight is 462 g/mol. The van der Waals surface area contributed by atoms with Crippen molar-refractivity contribution in [3.8, 4) is 5.75 Å². The standard InChI is InChI=1S/C25H30F3N3O2/c1-14-10-19-22(30-23(14)29-20(32)11-24(3,4)5)21-15(2)18(21)13-31(19)12-16-6-8-17(9-7-16)33-25(26,27)28/h6-10,15,18,21H,11-13H2,1-5H3,(H,29,30,32). The van der Waals surface area contributed by atoms with Crippen molar-refractivity contribution in [2.45, 2.75) is 59.9 Å². The van der Waals surface area contributed by atoms with Gasteiger partial charge in [-0.1, -0.05) is 39.8 Å². The summed E-state index contributed by atoms with van der Waals surface area (Å²) in [6.07, 6.45) is -4.29. The van der Waals surface area contributed by atoms with Gasteiger partial charge in [-0.25, -0.2) is 4.98 Å². The van der Waals surface area contributed by atoms with Crippen LogP contribution in [0.4, 0.5) is 24.7 Å². The minimum absolute atomic E-state index is 0.0488. The minimum Gasteiger partial charge on any atom is -0.406 e. The van der Waals surface area contributed by atoms with Crippen molar-refractivity contribution in [3.63, 3.8) is 0 Å². The van der Waals surface area contributed by atoms with Crippen LogP contribution in [0.1, 0.15) is 56.9 Å². The number of carbonyl (C=O) groups is 1. The van der Waals surface area contributed by atoms with Crippen molar-refractivity contribution in [3.05, 3.63) is 47.2 Å². The van der Waals surface area contributed by atoms with Gasteiger partial charge in [-0.3, -0.25) is 4.79 Å². The van der Waals surface area contributed by atoms with E-state index in [9.17, 15) is 18.0 Å². The number of amides is 1. The van der Waals surface area contributed by atoms with Gasteiger partial charge in [-0.05, 0) is 53.5 Å². The van der Waals surface area contributed by atoms with Crippen molar-refractivity contribution in [2.75, 3.05) is 16.8 Å². The Labute approximate surface area is 192 Å². The number of benzene rings is 1. The molecular weight excluding hydrogens is 431 g/mol. The highest BCUT2D eigenvalue weighted by Gasteiger charge is 2.53. The molecule has 0 saturated heterocycles. The first-order valence-corrected chi connectivity index (χ1v) is 11.2. The third-order valence-electron chi connectivity index (χ3n) is 6.35. The van der Waals surface area contributed by atoms with E-state index in [0.717, 1.165) is 29.1 Å². The molecular formula is C25H30F3N3O2. The number of hydrogen-bond acceptors (Lipinski definition) is 4. The molecule has 0 spiro atoms. The summed E-state index contributed by atoms with van der Waals surface area (Å²) in [6, 6.07) is 8.06. The number of ether oxygens (including phenoxy) is 1. The number of fused-ring (bicyclic) bond motifs is 3. The molecule has 2 aromatic rings. The van der Waals surface area contributed by atoms with Crippen molar-refractivity contribution < 1.29 is 22.7 Å². The van der Waals surface area contributed by atoms with Crippen molar-refractivity contribution in [2.24, 2.45) is 17.3 Å². The van der Waals surface area contributed by atoms with Crippen LogP contribution in [0.3, 0.4) is 0 Å². The van der Waals surface area contributed by atoms with Crippen LogP contribution in [0.2, 0.25) is 0 Å². The topological polar surface area (TPSA) is 54.5 Å². The summed E-state index contributed by atoms with van der Waals surface area (Å²) in [7, 11) is 0. The molecule has 1 saturated carbocycles. The molecule has 2 heterocycles.